The molecule has 3 aliphatic carbocycles. The number of Topliss-reactive ketones (excluding diaryl/α,β-unsaturated/α-hetero) is 5. The molecule has 10 atom stereocenters. The monoisotopic (exact) mass is 1980 g/mol. The number of hydrogen-bond donors (Lipinski definition) is 6. The largest absolute Gasteiger partial charge is 0.444 e. The number of unbranched alkanes of at least 4 members (excludes halogenated alkanes) is 4. The lowest BCUT2D eigenvalue weighted by atomic mass is 9.89. The van der Waals surface area contributed by atoms with Crippen LogP contribution in [0.3, 0.4) is 0 Å². The third-order valence-electron chi connectivity index (χ3n) is 25.2. The van der Waals surface area contributed by atoms with Gasteiger partial charge < -0.3 is 65.0 Å². The first kappa shape index (κ1) is 118. The van der Waals surface area contributed by atoms with Crippen LogP contribution < -0.4 is 26.6 Å². The number of carbonyl (C=O) groups is 15. The standard InChI is InChI=1S/C29H31NO3.C27H28N2O3.C23H35NO3S.C21H31NO4.C20H29NO4/c1-2-7-29(33)30-27(18-24-15-13-22-9-4-6-11-26(22)24)28(32)17-20(19-31)16-23-14-12-21-8-3-5-10-25(21)23;1-2-23(31)15-20(13-21-16-28-26-10-6-5-9-25(21)26)27(32)29-22(17-30)14-19-12-11-18-7-3-4-8-24(18)19;1-3-4-5-6-10-13-23(27)24-21(14-15-28-2)22(26)17-20(18-25)16-19-11-8-7-9-12-19;1-15(2)11-18(22-20(25)26-21(3,4)5)19(24)13-17(14-23)12-16-9-7-6-8-10-16;1-14(2)18(21-19(24)25-20(3,4)5)17(23)12-16(13-22)11-15-9-7-6-8-10-15/h3-6,8-11,14-15,19-20,27H,2,7,12-13,16-18H2,1H3,(H,30,33);3-10,12,16-17,20,22,28H,2,11,13-15H2,1H3,(H,29,32);7-9,11-12,18,20-21H,3-6,10,13-17H2,1-2H3,(H,24,27);6-10,14-15,17-18H,11-13H2,1-5H3,(H,22,25);6-10,13-14,16,18H,11-12H2,1-5H3,(H,21,24). The van der Waals surface area contributed by atoms with Gasteiger partial charge in [0.25, 0.3) is 0 Å². The van der Waals surface area contributed by atoms with Crippen molar-refractivity contribution in [1.82, 2.24) is 31.6 Å². The van der Waals surface area contributed by atoms with E-state index in [1.807, 2.05) is 199 Å². The number of allylic oxidation sites excluding steroid dienone is 4. The van der Waals surface area contributed by atoms with Crippen LogP contribution in [0.5, 0.6) is 0 Å². The van der Waals surface area contributed by atoms with E-state index in [0.717, 1.165) is 143 Å². The van der Waals surface area contributed by atoms with E-state index >= 15 is 0 Å². The molecule has 7 aromatic carbocycles. The summed E-state index contributed by atoms with van der Waals surface area (Å²) in [4.78, 5) is 187. The maximum Gasteiger partial charge on any atom is 0.408 e. The second-order valence-corrected chi connectivity index (χ2v) is 41.4. The summed E-state index contributed by atoms with van der Waals surface area (Å²) in [5.41, 5.74) is 14.3. The van der Waals surface area contributed by atoms with Crippen LogP contribution in [0.4, 0.5) is 9.59 Å². The van der Waals surface area contributed by atoms with Crippen LogP contribution in [0.15, 0.2) is 212 Å². The number of aromatic amines is 1. The number of aldehydes is 5. The number of H-pyrrole nitrogens is 1. The van der Waals surface area contributed by atoms with E-state index in [0.29, 0.717) is 77.0 Å². The number of aromatic nitrogens is 1. The molecule has 0 saturated heterocycles. The molecule has 0 bridgehead atoms. The number of benzene rings is 7. The number of para-hydroxylation sites is 1. The fraction of sp³-hybridized carbons (Fsp3) is 0.458. The Hall–Kier alpha value is -12.7. The van der Waals surface area contributed by atoms with Crippen LogP contribution in [0.1, 0.15) is 268 Å². The summed E-state index contributed by atoms with van der Waals surface area (Å²) in [6.07, 6.45) is 28.5. The van der Waals surface area contributed by atoms with E-state index in [2.05, 4.69) is 93.1 Å². The fourth-order valence-corrected chi connectivity index (χ4v) is 18.2. The highest BCUT2D eigenvalue weighted by Crippen LogP contribution is 2.36. The Morgan fingerprint density at radius 2 is 0.826 bits per heavy atom. The summed E-state index contributed by atoms with van der Waals surface area (Å²) in [5, 5.41) is 15.1. The van der Waals surface area contributed by atoms with Crippen LogP contribution in [-0.4, -0.2) is 149 Å². The SMILES string of the molecule is CC(C)C(NC(=O)OC(C)(C)C)C(=O)CC(C=O)Cc1ccccc1.CC(C)CC(NC(=O)OC(C)(C)C)C(=O)CC(C=O)Cc1ccccc1.CCC(=O)CC(Cc1c[nH]c2ccccc12)C(=O)NC(C=O)CC1=CCc2ccccc21.CCCC(=O)NC(CC1=CCc2ccccc21)C(=O)CC(C=O)CC1=CCc2ccccc21.CCCCCCCC(=O)NC(CCSC)C(=O)CC(C=O)Cc1ccccc1. The zero-order valence-electron chi connectivity index (χ0n) is 87.0. The number of amides is 5. The van der Waals surface area contributed by atoms with Crippen molar-refractivity contribution in [3.05, 3.63) is 268 Å². The number of thioether (sulfide) groups is 1. The Bertz CT molecular complexity index is 5570. The van der Waals surface area contributed by atoms with Crippen LogP contribution in [-0.2, 0) is 117 Å². The molecule has 772 valence electrons. The highest BCUT2D eigenvalue weighted by Gasteiger charge is 2.34. The lowest BCUT2D eigenvalue weighted by molar-refractivity contribution is -0.130. The van der Waals surface area contributed by atoms with Gasteiger partial charge in [0, 0.05) is 104 Å². The molecule has 5 amide bonds. The van der Waals surface area contributed by atoms with Gasteiger partial charge in [0.2, 0.25) is 17.7 Å². The van der Waals surface area contributed by atoms with Crippen molar-refractivity contribution in [2.45, 2.75) is 298 Å². The molecule has 3 aliphatic rings. The lowest BCUT2D eigenvalue weighted by Gasteiger charge is -2.25. The van der Waals surface area contributed by atoms with Crippen molar-refractivity contribution < 1.29 is 81.4 Å². The number of ether oxygens (including phenoxy) is 2. The molecular formula is C120H154N6O17S. The first-order valence-electron chi connectivity index (χ1n) is 51.2. The highest BCUT2D eigenvalue weighted by molar-refractivity contribution is 7.98. The van der Waals surface area contributed by atoms with E-state index in [1.165, 1.54) is 35.1 Å². The third kappa shape index (κ3) is 42.7. The summed E-state index contributed by atoms with van der Waals surface area (Å²) in [6, 6.07) is 58.3. The lowest BCUT2D eigenvalue weighted by Crippen LogP contribution is -2.47. The molecule has 0 aliphatic heterocycles. The molecule has 1 heterocycles. The van der Waals surface area contributed by atoms with Crippen molar-refractivity contribution >= 4 is 130 Å². The minimum Gasteiger partial charge on any atom is -0.444 e. The summed E-state index contributed by atoms with van der Waals surface area (Å²) in [5.74, 6) is -1.93. The van der Waals surface area contributed by atoms with E-state index < -0.39 is 77.3 Å². The van der Waals surface area contributed by atoms with Crippen molar-refractivity contribution in [1.29, 1.82) is 0 Å². The molecule has 0 spiro atoms. The van der Waals surface area contributed by atoms with Crippen molar-refractivity contribution in [3.8, 4) is 0 Å². The Morgan fingerprint density at radius 1 is 0.410 bits per heavy atom. The number of fused-ring (bicyclic) bond motifs is 4. The predicted molar refractivity (Wildman–Crippen MR) is 575 cm³/mol. The smallest absolute Gasteiger partial charge is 0.408 e. The van der Waals surface area contributed by atoms with Gasteiger partial charge in [0.15, 0.2) is 23.1 Å². The zero-order chi connectivity index (χ0) is 105. The number of rotatable bonds is 54. The van der Waals surface area contributed by atoms with Gasteiger partial charge in [-0.2, -0.15) is 11.8 Å². The average Bonchev–Trinajstić information content (AvgIpc) is 1.67. The average molecular weight is 1980 g/mol. The molecule has 11 rings (SSSR count). The summed E-state index contributed by atoms with van der Waals surface area (Å²) < 4.78 is 10.5. The molecule has 8 aromatic rings. The number of nitrogens with one attached hydrogen (secondary N) is 6. The number of ketones is 5. The number of carbonyl (C=O) groups excluding carboxylic acids is 15. The maximum absolute atomic E-state index is 13.4. The van der Waals surface area contributed by atoms with Crippen molar-refractivity contribution in [2.75, 3.05) is 12.0 Å². The second-order valence-electron chi connectivity index (χ2n) is 40.5. The topological polar surface area (TPSA) is 350 Å². The summed E-state index contributed by atoms with van der Waals surface area (Å²) in [7, 11) is 0. The molecule has 24 heteroatoms. The van der Waals surface area contributed by atoms with Crippen LogP contribution in [0.25, 0.3) is 27.6 Å². The predicted octanol–water partition coefficient (Wildman–Crippen LogP) is 21.6. The quantitative estimate of drug-likeness (QED) is 0.0152. The molecule has 10 unspecified atom stereocenters. The van der Waals surface area contributed by atoms with E-state index in [9.17, 15) is 71.9 Å². The fourth-order valence-electron chi connectivity index (χ4n) is 17.8. The van der Waals surface area contributed by atoms with Gasteiger partial charge in [-0.1, -0.05) is 274 Å². The third-order valence-corrected chi connectivity index (χ3v) is 25.8. The molecular weight excluding hydrogens is 1830 g/mol. The molecule has 0 saturated carbocycles. The summed E-state index contributed by atoms with van der Waals surface area (Å²) in [6.45, 7) is 24.2. The number of alkyl carbamates (subject to hydrolysis) is 2. The van der Waals surface area contributed by atoms with Gasteiger partial charge in [0.1, 0.15) is 48.4 Å². The van der Waals surface area contributed by atoms with Crippen molar-refractivity contribution in [2.24, 2.45) is 41.4 Å². The van der Waals surface area contributed by atoms with Gasteiger partial charge >= 0.3 is 12.2 Å². The Kier molecular flexibility index (Phi) is 51.5. The normalized spacial score (nSPS) is 14.2. The number of hydrogen-bond acceptors (Lipinski definition) is 18. The van der Waals surface area contributed by atoms with E-state index in [-0.39, 0.29) is 96.5 Å². The minimum absolute atomic E-state index is 0.0404. The van der Waals surface area contributed by atoms with Crippen LogP contribution in [0.2, 0.25) is 0 Å². The molecule has 1 aromatic heterocycles. The first-order valence-corrected chi connectivity index (χ1v) is 52.6. The molecule has 0 fully saturated rings. The molecule has 144 heavy (non-hydrogen) atoms. The Morgan fingerprint density at radius 3 is 1.28 bits per heavy atom. The van der Waals surface area contributed by atoms with Gasteiger partial charge in [-0.05, 0) is 227 Å². The molecule has 0 radical (unpaired) electrons. The van der Waals surface area contributed by atoms with Gasteiger partial charge in [-0.3, -0.25) is 38.4 Å². The molecule has 6 N–H and O–H groups in total. The molecule has 23 nitrogen and oxygen atoms in total. The zero-order valence-corrected chi connectivity index (χ0v) is 87.8. The minimum atomic E-state index is -0.673. The van der Waals surface area contributed by atoms with Crippen LogP contribution in [0, 0.1) is 41.4 Å². The second kappa shape index (κ2) is 62.8. The Balaban J connectivity index is 0.000000245. The highest BCUT2D eigenvalue weighted by atomic mass is 32.2. The van der Waals surface area contributed by atoms with Gasteiger partial charge in [-0.15, -0.1) is 0 Å². The van der Waals surface area contributed by atoms with Crippen molar-refractivity contribution in [3.63, 3.8) is 0 Å². The van der Waals surface area contributed by atoms with Crippen LogP contribution >= 0.6 is 11.8 Å². The Labute approximate surface area is 857 Å². The van der Waals surface area contributed by atoms with E-state index in [1.54, 1.807) is 60.2 Å². The van der Waals surface area contributed by atoms with Gasteiger partial charge in [-0.25, -0.2) is 9.59 Å². The van der Waals surface area contributed by atoms with Gasteiger partial charge in [0.05, 0.1) is 30.2 Å². The maximum atomic E-state index is 13.4. The van der Waals surface area contributed by atoms with E-state index in [4.69, 9.17) is 9.47 Å². The summed E-state index contributed by atoms with van der Waals surface area (Å²) >= 11 is 1.66. The first-order chi connectivity index (χ1) is 69.0.